The molecule has 0 fully saturated rings. The molecular formula is C27H22N2. The van der Waals surface area contributed by atoms with Gasteiger partial charge in [0, 0.05) is 16.8 Å². The minimum Gasteiger partial charge on any atom is -0.233 e. The van der Waals surface area contributed by atoms with Crippen molar-refractivity contribution in [3.8, 4) is 22.6 Å². The Kier molecular flexibility index (Phi) is 4.33. The molecule has 0 atom stereocenters. The summed E-state index contributed by atoms with van der Waals surface area (Å²) in [6.07, 6.45) is 0. The van der Waals surface area contributed by atoms with E-state index >= 15 is 0 Å². The van der Waals surface area contributed by atoms with Crippen LogP contribution in [-0.4, -0.2) is 9.97 Å². The van der Waals surface area contributed by atoms with Crippen LogP contribution in [0.5, 0.6) is 0 Å². The second-order valence-electron chi connectivity index (χ2n) is 7.78. The molecule has 0 amide bonds. The Balaban J connectivity index is 1.68. The molecule has 0 N–H and O–H groups in total. The van der Waals surface area contributed by atoms with Crippen LogP contribution in [0.25, 0.3) is 44.2 Å². The summed E-state index contributed by atoms with van der Waals surface area (Å²) in [5, 5.41) is 4.90. The minimum absolute atomic E-state index is 0.330. The van der Waals surface area contributed by atoms with Crippen LogP contribution >= 0.6 is 0 Å². The van der Waals surface area contributed by atoms with E-state index in [1.54, 1.807) is 0 Å². The second kappa shape index (κ2) is 7.14. The van der Waals surface area contributed by atoms with Crippen molar-refractivity contribution in [2.45, 2.75) is 19.8 Å². The molecule has 0 unspecified atom stereocenters. The van der Waals surface area contributed by atoms with Crippen molar-refractivity contribution < 1.29 is 0 Å². The number of hydrogen-bond acceptors (Lipinski definition) is 2. The Morgan fingerprint density at radius 3 is 1.72 bits per heavy atom. The van der Waals surface area contributed by atoms with Gasteiger partial charge in [-0.15, -0.1) is 0 Å². The molecule has 1 heterocycles. The van der Waals surface area contributed by atoms with Crippen LogP contribution in [0.15, 0.2) is 91.0 Å². The highest BCUT2D eigenvalue weighted by Gasteiger charge is 2.12. The number of rotatable bonds is 3. The predicted molar refractivity (Wildman–Crippen MR) is 122 cm³/mol. The summed E-state index contributed by atoms with van der Waals surface area (Å²) in [4.78, 5) is 9.85. The number of nitrogens with zero attached hydrogens (tertiary/aromatic N) is 2. The zero-order valence-electron chi connectivity index (χ0n) is 16.6. The zero-order chi connectivity index (χ0) is 19.8. The van der Waals surface area contributed by atoms with Gasteiger partial charge in [0.15, 0.2) is 5.82 Å². The highest BCUT2D eigenvalue weighted by Crippen LogP contribution is 2.29. The first-order valence-corrected chi connectivity index (χ1v) is 10.0. The van der Waals surface area contributed by atoms with Crippen molar-refractivity contribution in [1.82, 2.24) is 9.97 Å². The van der Waals surface area contributed by atoms with E-state index < -0.39 is 0 Å². The fourth-order valence-electron chi connectivity index (χ4n) is 3.72. The van der Waals surface area contributed by atoms with Gasteiger partial charge in [-0.25, -0.2) is 9.97 Å². The maximum absolute atomic E-state index is 4.96. The SMILES string of the molecule is CC(C)c1cc(-c2ccc3ccccc3c2)nc(-c2ccc3ccccc3c2)n1. The molecule has 0 aliphatic rings. The third-order valence-corrected chi connectivity index (χ3v) is 5.39. The van der Waals surface area contributed by atoms with Crippen LogP contribution < -0.4 is 0 Å². The number of hydrogen-bond donors (Lipinski definition) is 0. The molecule has 5 aromatic rings. The van der Waals surface area contributed by atoms with Gasteiger partial charge in [0.1, 0.15) is 0 Å². The molecule has 29 heavy (non-hydrogen) atoms. The molecule has 2 nitrogen and oxygen atoms in total. The fraction of sp³-hybridized carbons (Fsp3) is 0.111. The standard InChI is InChI=1S/C27H22N2/c1-18(2)25-17-26(23-13-11-19-7-3-5-9-21(19)15-23)29-27(28-25)24-14-12-20-8-4-6-10-22(20)16-24/h3-18H,1-2H3. The van der Waals surface area contributed by atoms with E-state index in [1.165, 1.54) is 21.5 Å². The molecule has 0 aliphatic heterocycles. The van der Waals surface area contributed by atoms with Crippen molar-refractivity contribution in [2.24, 2.45) is 0 Å². The normalized spacial score (nSPS) is 11.4. The third-order valence-electron chi connectivity index (χ3n) is 5.39. The average molecular weight is 374 g/mol. The lowest BCUT2D eigenvalue weighted by atomic mass is 10.0. The summed E-state index contributed by atoms with van der Waals surface area (Å²) < 4.78 is 0. The van der Waals surface area contributed by atoms with E-state index in [9.17, 15) is 0 Å². The third kappa shape index (κ3) is 3.38. The lowest BCUT2D eigenvalue weighted by Gasteiger charge is -2.12. The summed E-state index contributed by atoms with van der Waals surface area (Å²) in [6, 6.07) is 31.9. The Morgan fingerprint density at radius 2 is 1.10 bits per heavy atom. The first-order valence-electron chi connectivity index (χ1n) is 10.0. The van der Waals surface area contributed by atoms with Gasteiger partial charge in [-0.3, -0.25) is 0 Å². The van der Waals surface area contributed by atoms with Crippen molar-refractivity contribution in [1.29, 1.82) is 0 Å². The van der Waals surface area contributed by atoms with E-state index in [0.29, 0.717) is 5.92 Å². The Morgan fingerprint density at radius 1 is 0.552 bits per heavy atom. The summed E-state index contributed by atoms with van der Waals surface area (Å²) in [5.41, 5.74) is 4.20. The molecule has 1 aromatic heterocycles. The van der Waals surface area contributed by atoms with Gasteiger partial charge in [0.2, 0.25) is 0 Å². The topological polar surface area (TPSA) is 25.8 Å². The van der Waals surface area contributed by atoms with Crippen LogP contribution in [0.3, 0.4) is 0 Å². The lowest BCUT2D eigenvalue weighted by Crippen LogP contribution is -2.00. The van der Waals surface area contributed by atoms with Crippen molar-refractivity contribution in [3.63, 3.8) is 0 Å². The maximum Gasteiger partial charge on any atom is 0.160 e. The van der Waals surface area contributed by atoms with E-state index in [1.807, 2.05) is 0 Å². The van der Waals surface area contributed by atoms with E-state index in [4.69, 9.17) is 9.97 Å². The Bertz CT molecular complexity index is 1240. The molecule has 0 bridgehead atoms. The van der Waals surface area contributed by atoms with Crippen LogP contribution in [0.2, 0.25) is 0 Å². The Hall–Kier alpha value is -3.52. The summed E-state index contributed by atoms with van der Waals surface area (Å²) in [7, 11) is 0. The van der Waals surface area contributed by atoms with Gasteiger partial charge >= 0.3 is 0 Å². The second-order valence-corrected chi connectivity index (χ2v) is 7.78. The molecule has 0 spiro atoms. The van der Waals surface area contributed by atoms with Gasteiger partial charge in [-0.05, 0) is 45.7 Å². The van der Waals surface area contributed by atoms with Gasteiger partial charge < -0.3 is 0 Å². The van der Waals surface area contributed by atoms with E-state index in [2.05, 4.69) is 105 Å². The molecule has 140 valence electrons. The summed E-state index contributed by atoms with van der Waals surface area (Å²) in [5.74, 6) is 1.11. The van der Waals surface area contributed by atoms with E-state index in [-0.39, 0.29) is 0 Å². The van der Waals surface area contributed by atoms with E-state index in [0.717, 1.165) is 28.3 Å². The Labute approximate surface area is 170 Å². The van der Waals surface area contributed by atoms with Gasteiger partial charge in [-0.1, -0.05) is 86.6 Å². The molecule has 0 aliphatic carbocycles. The lowest BCUT2D eigenvalue weighted by molar-refractivity contribution is 0.818. The van der Waals surface area contributed by atoms with Crippen molar-refractivity contribution in [3.05, 3.63) is 96.7 Å². The highest BCUT2D eigenvalue weighted by atomic mass is 14.9. The first kappa shape index (κ1) is 17.6. The first-order chi connectivity index (χ1) is 14.2. The van der Waals surface area contributed by atoms with Gasteiger partial charge in [-0.2, -0.15) is 0 Å². The zero-order valence-corrected chi connectivity index (χ0v) is 16.6. The van der Waals surface area contributed by atoms with Crippen LogP contribution in [0.4, 0.5) is 0 Å². The van der Waals surface area contributed by atoms with Gasteiger partial charge in [0.05, 0.1) is 5.69 Å². The molecule has 0 saturated heterocycles. The average Bonchev–Trinajstić information content (AvgIpc) is 2.78. The monoisotopic (exact) mass is 374 g/mol. The quantitative estimate of drug-likeness (QED) is 0.332. The molecule has 0 radical (unpaired) electrons. The van der Waals surface area contributed by atoms with Crippen LogP contribution in [-0.2, 0) is 0 Å². The fourth-order valence-corrected chi connectivity index (χ4v) is 3.72. The summed E-state index contributed by atoms with van der Waals surface area (Å²) in [6.45, 7) is 4.35. The predicted octanol–water partition coefficient (Wildman–Crippen LogP) is 7.24. The highest BCUT2D eigenvalue weighted by molar-refractivity contribution is 5.88. The number of benzene rings is 4. The number of fused-ring (bicyclic) bond motifs is 2. The number of aromatic nitrogens is 2. The van der Waals surface area contributed by atoms with Crippen molar-refractivity contribution in [2.75, 3.05) is 0 Å². The van der Waals surface area contributed by atoms with Crippen molar-refractivity contribution >= 4 is 21.5 Å². The largest absolute Gasteiger partial charge is 0.233 e. The minimum atomic E-state index is 0.330. The smallest absolute Gasteiger partial charge is 0.160 e. The molecule has 5 rings (SSSR count). The maximum atomic E-state index is 4.96. The summed E-state index contributed by atoms with van der Waals surface area (Å²) >= 11 is 0. The molecular weight excluding hydrogens is 352 g/mol. The van der Waals surface area contributed by atoms with Gasteiger partial charge in [0.25, 0.3) is 0 Å². The molecule has 2 heteroatoms. The molecule has 0 saturated carbocycles. The molecule has 4 aromatic carbocycles. The van der Waals surface area contributed by atoms with Crippen LogP contribution in [0.1, 0.15) is 25.5 Å². The van der Waals surface area contributed by atoms with Crippen LogP contribution in [0, 0.1) is 0 Å².